The zero-order valence-corrected chi connectivity index (χ0v) is 20.1. The lowest BCUT2D eigenvalue weighted by Crippen LogP contribution is -2.57. The summed E-state index contributed by atoms with van der Waals surface area (Å²) >= 11 is 0. The number of carbonyl (C=O) groups is 1. The third-order valence-corrected chi connectivity index (χ3v) is 7.60. The number of rotatable bonds is 6. The average molecular weight is 489 g/mol. The van der Waals surface area contributed by atoms with Gasteiger partial charge in [-0.2, -0.15) is 4.31 Å². The van der Waals surface area contributed by atoms with E-state index >= 15 is 0 Å². The molecule has 0 aliphatic carbocycles. The number of benzene rings is 2. The first-order chi connectivity index (χ1) is 16.3. The van der Waals surface area contributed by atoms with Crippen LogP contribution in [-0.4, -0.2) is 74.1 Å². The number of amides is 1. The maximum atomic E-state index is 12.6. The maximum absolute atomic E-state index is 12.6. The van der Waals surface area contributed by atoms with Crippen LogP contribution in [0.5, 0.6) is 0 Å². The molecule has 2 fully saturated rings. The summed E-state index contributed by atoms with van der Waals surface area (Å²) in [4.78, 5) is 12.6. The second-order valence-electron chi connectivity index (χ2n) is 9.01. The number of β-amino-alcohol motifs (C(OH)–C–C–N with tert-alkyl or cyclic N) is 1. The first-order valence-corrected chi connectivity index (χ1v) is 13.4. The number of nitrogens with zero attached hydrogens (tertiary/aromatic N) is 1. The number of aliphatic hydroxyl groups excluding tert-OH is 1. The summed E-state index contributed by atoms with van der Waals surface area (Å²) < 4.78 is 37.5. The molecule has 2 N–H and O–H groups in total. The number of hydrogen-bond acceptors (Lipinski definition) is 6. The minimum atomic E-state index is -3.51. The van der Waals surface area contributed by atoms with E-state index < -0.39 is 28.3 Å². The summed E-state index contributed by atoms with van der Waals surface area (Å²) in [5, 5.41) is 13.0. The summed E-state index contributed by atoms with van der Waals surface area (Å²) in [6, 6.07) is 17.8. The molecular weight excluding hydrogens is 456 g/mol. The van der Waals surface area contributed by atoms with Crippen LogP contribution in [0.15, 0.2) is 54.6 Å². The van der Waals surface area contributed by atoms with Crippen molar-refractivity contribution in [3.8, 4) is 11.1 Å². The van der Waals surface area contributed by atoms with Crippen molar-refractivity contribution in [2.24, 2.45) is 0 Å². The van der Waals surface area contributed by atoms with E-state index in [1.165, 1.54) is 4.31 Å². The van der Waals surface area contributed by atoms with E-state index in [1.54, 1.807) is 0 Å². The van der Waals surface area contributed by atoms with E-state index in [0.29, 0.717) is 19.4 Å². The Labute approximate surface area is 200 Å². The van der Waals surface area contributed by atoms with Gasteiger partial charge in [-0.05, 0) is 29.5 Å². The Morgan fingerprint density at radius 2 is 1.76 bits per heavy atom. The van der Waals surface area contributed by atoms with Crippen LogP contribution in [-0.2, 0) is 30.8 Å². The van der Waals surface area contributed by atoms with Crippen LogP contribution < -0.4 is 5.32 Å². The highest BCUT2D eigenvalue weighted by atomic mass is 32.2. The van der Waals surface area contributed by atoms with Gasteiger partial charge in [0.2, 0.25) is 15.9 Å². The molecule has 2 aliphatic heterocycles. The third kappa shape index (κ3) is 6.43. The predicted molar refractivity (Wildman–Crippen MR) is 128 cm³/mol. The SMILES string of the molecule is CS(=O)(=O)N1C[C@@H](O)COC[C@@H]2O[C@H](CC(=O)NCc3ccc(-c4ccccc4)cc3)CC[C@H]21. The van der Waals surface area contributed by atoms with Gasteiger partial charge in [0.15, 0.2) is 0 Å². The van der Waals surface area contributed by atoms with Crippen molar-refractivity contribution in [3.63, 3.8) is 0 Å². The molecule has 2 aromatic rings. The fraction of sp³-hybridized carbons (Fsp3) is 0.480. The summed E-state index contributed by atoms with van der Waals surface area (Å²) in [6.45, 7) is 0.638. The molecule has 8 nitrogen and oxygen atoms in total. The standard InChI is InChI=1S/C25H32N2O6S/c1-34(30,31)27-15-21(28)16-32-17-24-23(27)12-11-22(33-24)13-25(29)26-14-18-7-9-20(10-8-18)19-5-3-2-4-6-19/h2-10,21-24,28H,11-17H2,1H3,(H,26,29)/t21-,22+,23-,24+/m1/s1. The lowest BCUT2D eigenvalue weighted by molar-refractivity contribution is -0.146. The molecule has 34 heavy (non-hydrogen) atoms. The molecule has 2 saturated heterocycles. The van der Waals surface area contributed by atoms with Crippen molar-refractivity contribution in [2.75, 3.05) is 26.0 Å². The highest BCUT2D eigenvalue weighted by Gasteiger charge is 2.41. The molecule has 0 bridgehead atoms. The van der Waals surface area contributed by atoms with Crippen LogP contribution in [0.1, 0.15) is 24.8 Å². The monoisotopic (exact) mass is 488 g/mol. The molecule has 4 rings (SSSR count). The Kier molecular flexibility index (Phi) is 8.00. The third-order valence-electron chi connectivity index (χ3n) is 6.32. The number of hydrogen-bond donors (Lipinski definition) is 2. The summed E-state index contributed by atoms with van der Waals surface area (Å²) in [7, 11) is -3.51. The molecule has 0 saturated carbocycles. The van der Waals surface area contributed by atoms with Crippen molar-refractivity contribution in [3.05, 3.63) is 60.2 Å². The molecular formula is C25H32N2O6S. The van der Waals surface area contributed by atoms with Gasteiger partial charge in [0, 0.05) is 13.1 Å². The normalized spacial score (nSPS) is 26.2. The second-order valence-corrected chi connectivity index (χ2v) is 10.9. The minimum absolute atomic E-state index is 0.0163. The lowest BCUT2D eigenvalue weighted by atomic mass is 9.96. The Balaban J connectivity index is 1.29. The Morgan fingerprint density at radius 3 is 2.47 bits per heavy atom. The smallest absolute Gasteiger partial charge is 0.222 e. The van der Waals surface area contributed by atoms with Gasteiger partial charge in [0.05, 0.1) is 50.2 Å². The van der Waals surface area contributed by atoms with Crippen LogP contribution in [0.25, 0.3) is 11.1 Å². The molecule has 2 aromatic carbocycles. The lowest BCUT2D eigenvalue weighted by Gasteiger charge is -2.43. The van der Waals surface area contributed by atoms with Crippen LogP contribution in [0.3, 0.4) is 0 Å². The molecule has 1 amide bonds. The van der Waals surface area contributed by atoms with Gasteiger partial charge in [-0.1, -0.05) is 54.6 Å². The molecule has 2 aliphatic rings. The fourth-order valence-corrected chi connectivity index (χ4v) is 5.78. The van der Waals surface area contributed by atoms with Crippen LogP contribution in [0.4, 0.5) is 0 Å². The van der Waals surface area contributed by atoms with E-state index in [-0.39, 0.29) is 38.2 Å². The Bertz CT molecular complexity index is 1060. The van der Waals surface area contributed by atoms with Gasteiger partial charge in [0.25, 0.3) is 0 Å². The number of nitrogens with one attached hydrogen (secondary N) is 1. The highest BCUT2D eigenvalue weighted by molar-refractivity contribution is 7.88. The quantitative estimate of drug-likeness (QED) is 0.644. The highest BCUT2D eigenvalue weighted by Crippen LogP contribution is 2.29. The van der Waals surface area contributed by atoms with E-state index in [1.807, 2.05) is 42.5 Å². The van der Waals surface area contributed by atoms with E-state index in [4.69, 9.17) is 9.47 Å². The van der Waals surface area contributed by atoms with Crippen molar-refractivity contribution in [1.82, 2.24) is 9.62 Å². The van der Waals surface area contributed by atoms with Crippen molar-refractivity contribution in [2.45, 2.75) is 50.2 Å². The van der Waals surface area contributed by atoms with E-state index in [9.17, 15) is 18.3 Å². The predicted octanol–water partition coefficient (Wildman–Crippen LogP) is 1.93. The number of fused-ring (bicyclic) bond motifs is 1. The molecule has 0 unspecified atom stereocenters. The second kappa shape index (κ2) is 11.0. The van der Waals surface area contributed by atoms with Gasteiger partial charge in [0.1, 0.15) is 0 Å². The first kappa shape index (κ1) is 24.8. The average Bonchev–Trinajstić information content (AvgIpc) is 2.81. The van der Waals surface area contributed by atoms with Gasteiger partial charge >= 0.3 is 0 Å². The zero-order valence-electron chi connectivity index (χ0n) is 19.3. The molecule has 9 heteroatoms. The van der Waals surface area contributed by atoms with Crippen molar-refractivity contribution < 1.29 is 27.8 Å². The first-order valence-electron chi connectivity index (χ1n) is 11.6. The van der Waals surface area contributed by atoms with E-state index in [2.05, 4.69) is 17.4 Å². The summed E-state index contributed by atoms with van der Waals surface area (Å²) in [6.07, 6.45) is 0.795. The largest absolute Gasteiger partial charge is 0.389 e. The minimum Gasteiger partial charge on any atom is -0.389 e. The maximum Gasteiger partial charge on any atom is 0.222 e. The number of carbonyl (C=O) groups excluding carboxylic acids is 1. The Morgan fingerprint density at radius 1 is 1.06 bits per heavy atom. The Hall–Kier alpha value is -2.30. The van der Waals surface area contributed by atoms with Crippen LogP contribution >= 0.6 is 0 Å². The molecule has 0 aromatic heterocycles. The van der Waals surface area contributed by atoms with Crippen molar-refractivity contribution >= 4 is 15.9 Å². The topological polar surface area (TPSA) is 105 Å². The van der Waals surface area contributed by atoms with Gasteiger partial charge in [-0.3, -0.25) is 4.79 Å². The molecule has 0 radical (unpaired) electrons. The van der Waals surface area contributed by atoms with Crippen LogP contribution in [0.2, 0.25) is 0 Å². The fourth-order valence-electron chi connectivity index (χ4n) is 4.60. The summed E-state index contributed by atoms with van der Waals surface area (Å²) in [5.41, 5.74) is 3.28. The molecule has 2 heterocycles. The molecule has 184 valence electrons. The zero-order chi connectivity index (χ0) is 24.1. The van der Waals surface area contributed by atoms with E-state index in [0.717, 1.165) is 22.9 Å². The number of aliphatic hydroxyl groups is 1. The molecule has 4 atom stereocenters. The van der Waals surface area contributed by atoms with Gasteiger partial charge < -0.3 is 19.9 Å². The molecule has 0 spiro atoms. The van der Waals surface area contributed by atoms with Crippen molar-refractivity contribution in [1.29, 1.82) is 0 Å². The van der Waals surface area contributed by atoms with Gasteiger partial charge in [-0.15, -0.1) is 0 Å². The van der Waals surface area contributed by atoms with Gasteiger partial charge in [-0.25, -0.2) is 8.42 Å². The van der Waals surface area contributed by atoms with Crippen LogP contribution in [0, 0.1) is 0 Å². The number of ether oxygens (including phenoxy) is 2. The summed E-state index contributed by atoms with van der Waals surface area (Å²) in [5.74, 6) is -0.113. The number of sulfonamides is 1.